The zero-order valence-corrected chi connectivity index (χ0v) is 15.6. The van der Waals surface area contributed by atoms with Crippen molar-refractivity contribution in [2.24, 2.45) is 0 Å². The highest BCUT2D eigenvalue weighted by molar-refractivity contribution is 6.32. The predicted octanol–water partition coefficient (Wildman–Crippen LogP) is 2.53. The number of rotatable bonds is 1. The second kappa shape index (κ2) is 7.23. The second-order valence-corrected chi connectivity index (χ2v) is 6.63. The van der Waals surface area contributed by atoms with E-state index in [1.54, 1.807) is 6.20 Å². The summed E-state index contributed by atoms with van der Waals surface area (Å²) in [5, 5.41) is 15.0. The fourth-order valence-electron chi connectivity index (χ4n) is 2.82. The first kappa shape index (κ1) is 18.0. The number of halogens is 2. The van der Waals surface area contributed by atoms with Crippen molar-refractivity contribution in [2.75, 3.05) is 30.3 Å². The third-order valence-corrected chi connectivity index (χ3v) is 4.65. The van der Waals surface area contributed by atoms with Gasteiger partial charge >= 0.3 is 0 Å². The average molecular weight is 386 g/mol. The fourth-order valence-corrected chi connectivity index (χ4v) is 2.96. The highest BCUT2D eigenvalue weighted by Crippen LogP contribution is 2.33. The van der Waals surface area contributed by atoms with Crippen LogP contribution in [0.3, 0.4) is 0 Å². The number of fused-ring (bicyclic) bond motifs is 3. The number of aromatic nitrogens is 4. The zero-order valence-electron chi connectivity index (χ0n) is 14.0. The van der Waals surface area contributed by atoms with Gasteiger partial charge in [0.05, 0.1) is 24.5 Å². The number of nitrogens with one attached hydrogen (secondary N) is 3. The van der Waals surface area contributed by atoms with E-state index in [1.807, 2.05) is 11.6 Å². The number of nitrogens with zero attached hydrogens (tertiary/aromatic N) is 4. The molecule has 2 aliphatic rings. The Balaban J connectivity index is 0.00000182. The van der Waals surface area contributed by atoms with Gasteiger partial charge in [-0.15, -0.1) is 17.5 Å². The molecule has 1 atom stereocenters. The maximum Gasteiger partial charge on any atom is 0.257 e. The van der Waals surface area contributed by atoms with Gasteiger partial charge in [-0.2, -0.15) is 4.98 Å². The molecule has 2 bridgehead atoms. The molecule has 2 aliphatic heterocycles. The minimum absolute atomic E-state index is 0. The highest BCUT2D eigenvalue weighted by Gasteiger charge is 2.26. The van der Waals surface area contributed by atoms with Crippen LogP contribution in [0.15, 0.2) is 6.20 Å². The molecule has 0 amide bonds. The Morgan fingerprint density at radius 2 is 2.16 bits per heavy atom. The Kier molecular flexibility index (Phi) is 5.21. The molecular weight excluding hydrogens is 365 g/mol. The molecule has 8 nitrogen and oxygen atoms in total. The Morgan fingerprint density at radius 1 is 1.36 bits per heavy atom. The van der Waals surface area contributed by atoms with Gasteiger partial charge in [-0.25, -0.2) is 4.98 Å². The van der Waals surface area contributed by atoms with Gasteiger partial charge in [0.25, 0.3) is 5.88 Å². The van der Waals surface area contributed by atoms with Crippen LogP contribution in [-0.2, 0) is 0 Å². The molecule has 0 spiro atoms. The number of anilines is 3. The molecule has 0 saturated carbocycles. The Bertz CT molecular complexity index is 763. The standard InChI is InChI=1S/C15H20ClN7O.ClH/c1-8-3-4-24-14-12(9(2)23(22-14)10-5-17-6-10)20-15-18-7-11(16)13(19-8)21-15;/h7-8,10,17H,3-6H2,1-2H3,(H2,18,19,20,21);1H/t8-;/m1./s1. The van der Waals surface area contributed by atoms with Crippen LogP contribution >= 0.6 is 24.0 Å². The van der Waals surface area contributed by atoms with E-state index in [0.717, 1.165) is 30.9 Å². The second-order valence-electron chi connectivity index (χ2n) is 6.22. The molecular formula is C15H21Cl2N7O. The number of ether oxygens (including phenoxy) is 1. The van der Waals surface area contributed by atoms with Crippen molar-refractivity contribution in [1.82, 2.24) is 25.1 Å². The lowest BCUT2D eigenvalue weighted by Gasteiger charge is -2.28. The number of hydrogen-bond donors (Lipinski definition) is 3. The minimum Gasteiger partial charge on any atom is -0.475 e. The van der Waals surface area contributed by atoms with Crippen LogP contribution < -0.4 is 20.7 Å². The van der Waals surface area contributed by atoms with E-state index < -0.39 is 0 Å². The summed E-state index contributed by atoms with van der Waals surface area (Å²) in [6.45, 7) is 6.49. The van der Waals surface area contributed by atoms with E-state index >= 15 is 0 Å². The van der Waals surface area contributed by atoms with Crippen molar-refractivity contribution >= 4 is 41.5 Å². The molecule has 2 aromatic heterocycles. The normalized spacial score (nSPS) is 19.9. The number of hydrogen-bond acceptors (Lipinski definition) is 7. The lowest BCUT2D eigenvalue weighted by molar-refractivity contribution is 0.272. The average Bonchev–Trinajstić information content (AvgIpc) is 2.77. The summed E-state index contributed by atoms with van der Waals surface area (Å²) < 4.78 is 7.95. The van der Waals surface area contributed by atoms with Crippen LogP contribution in [0.2, 0.25) is 5.02 Å². The first-order chi connectivity index (χ1) is 11.6. The summed E-state index contributed by atoms with van der Waals surface area (Å²) in [7, 11) is 0. The topological polar surface area (TPSA) is 88.9 Å². The lowest BCUT2D eigenvalue weighted by Crippen LogP contribution is -2.44. The van der Waals surface area contributed by atoms with Crippen LogP contribution in [0.1, 0.15) is 25.1 Å². The molecule has 4 rings (SSSR count). The SMILES string of the molecule is Cc1c2c(nn1C1CNC1)OCC[C@@H](C)Nc1nc(ncc1Cl)N2.Cl. The van der Waals surface area contributed by atoms with Crippen LogP contribution in [-0.4, -0.2) is 45.5 Å². The molecule has 136 valence electrons. The zero-order chi connectivity index (χ0) is 16.7. The van der Waals surface area contributed by atoms with Gasteiger partial charge in [0.15, 0.2) is 5.82 Å². The Morgan fingerprint density at radius 3 is 2.88 bits per heavy atom. The van der Waals surface area contributed by atoms with Gasteiger partial charge in [-0.1, -0.05) is 11.6 Å². The third-order valence-electron chi connectivity index (χ3n) is 4.38. The fraction of sp³-hybridized carbons (Fsp3) is 0.533. The van der Waals surface area contributed by atoms with Crippen molar-refractivity contribution in [3.63, 3.8) is 0 Å². The molecule has 4 heterocycles. The summed E-state index contributed by atoms with van der Waals surface area (Å²) in [6.07, 6.45) is 2.41. The van der Waals surface area contributed by atoms with E-state index in [4.69, 9.17) is 16.3 Å². The van der Waals surface area contributed by atoms with Gasteiger partial charge in [0.2, 0.25) is 5.95 Å². The first-order valence-electron chi connectivity index (χ1n) is 8.10. The lowest BCUT2D eigenvalue weighted by atomic mass is 10.2. The molecule has 0 unspecified atom stereocenters. The highest BCUT2D eigenvalue weighted by atomic mass is 35.5. The Labute approximate surface area is 157 Å². The van der Waals surface area contributed by atoms with E-state index in [2.05, 4.69) is 37.9 Å². The quantitative estimate of drug-likeness (QED) is 0.694. The molecule has 0 radical (unpaired) electrons. The molecule has 10 heteroatoms. The monoisotopic (exact) mass is 385 g/mol. The smallest absolute Gasteiger partial charge is 0.257 e. The van der Waals surface area contributed by atoms with E-state index in [0.29, 0.717) is 35.3 Å². The summed E-state index contributed by atoms with van der Waals surface area (Å²) in [5.41, 5.74) is 1.82. The molecule has 1 saturated heterocycles. The van der Waals surface area contributed by atoms with E-state index in [1.165, 1.54) is 0 Å². The molecule has 2 aromatic rings. The van der Waals surface area contributed by atoms with Gasteiger partial charge in [-0.3, -0.25) is 4.68 Å². The van der Waals surface area contributed by atoms with Crippen molar-refractivity contribution in [3.05, 3.63) is 16.9 Å². The summed E-state index contributed by atoms with van der Waals surface area (Å²) in [4.78, 5) is 8.75. The van der Waals surface area contributed by atoms with Crippen LogP contribution in [0.4, 0.5) is 17.5 Å². The Hall–Kier alpha value is -1.77. The predicted molar refractivity (Wildman–Crippen MR) is 99.6 cm³/mol. The van der Waals surface area contributed by atoms with Crippen molar-refractivity contribution < 1.29 is 4.74 Å². The molecule has 3 N–H and O–H groups in total. The first-order valence-corrected chi connectivity index (χ1v) is 8.48. The molecule has 0 aromatic carbocycles. The summed E-state index contributed by atoms with van der Waals surface area (Å²) in [5.74, 6) is 1.68. The summed E-state index contributed by atoms with van der Waals surface area (Å²) in [6, 6.07) is 0.531. The largest absolute Gasteiger partial charge is 0.475 e. The van der Waals surface area contributed by atoms with Gasteiger partial charge < -0.3 is 20.7 Å². The maximum absolute atomic E-state index is 6.19. The summed E-state index contributed by atoms with van der Waals surface area (Å²) >= 11 is 6.19. The van der Waals surface area contributed by atoms with E-state index in [9.17, 15) is 0 Å². The van der Waals surface area contributed by atoms with Crippen molar-refractivity contribution in [3.8, 4) is 5.88 Å². The van der Waals surface area contributed by atoms with Crippen molar-refractivity contribution in [1.29, 1.82) is 0 Å². The van der Waals surface area contributed by atoms with Crippen molar-refractivity contribution in [2.45, 2.75) is 32.4 Å². The van der Waals surface area contributed by atoms with Crippen LogP contribution in [0.25, 0.3) is 0 Å². The van der Waals surface area contributed by atoms with Gasteiger partial charge in [0.1, 0.15) is 10.7 Å². The van der Waals surface area contributed by atoms with Crippen LogP contribution in [0.5, 0.6) is 5.88 Å². The van der Waals surface area contributed by atoms with Gasteiger partial charge in [-0.05, 0) is 13.8 Å². The van der Waals surface area contributed by atoms with E-state index in [-0.39, 0.29) is 18.4 Å². The van der Waals surface area contributed by atoms with Gasteiger partial charge in [0, 0.05) is 25.6 Å². The molecule has 0 aliphatic carbocycles. The minimum atomic E-state index is 0. The molecule has 25 heavy (non-hydrogen) atoms. The third kappa shape index (κ3) is 3.47. The maximum atomic E-state index is 6.19. The van der Waals surface area contributed by atoms with Crippen LogP contribution in [0, 0.1) is 6.92 Å². The molecule has 1 fully saturated rings.